The summed E-state index contributed by atoms with van der Waals surface area (Å²) >= 11 is 0. The summed E-state index contributed by atoms with van der Waals surface area (Å²) in [7, 11) is 1.33. The summed E-state index contributed by atoms with van der Waals surface area (Å²) in [5.41, 5.74) is 0. The third-order valence-corrected chi connectivity index (χ3v) is 2.96. The summed E-state index contributed by atoms with van der Waals surface area (Å²) in [5.74, 6) is 0.135. The highest BCUT2D eigenvalue weighted by atomic mass is 16.5. The van der Waals surface area contributed by atoms with E-state index in [0.29, 0.717) is 10.5 Å². The predicted molar refractivity (Wildman–Crippen MR) is 72.7 cm³/mol. The number of amides is 1. The number of nitrogens with zero attached hydrogens (tertiary/aromatic N) is 2. The number of hydrogen-bond acceptors (Lipinski definition) is 4. The zero-order chi connectivity index (χ0) is 14.7. The molecule has 1 heterocycles. The quantitative estimate of drug-likeness (QED) is 0.257. The fraction of sp³-hybridized carbons (Fsp3) is 0.357. The largest absolute Gasteiger partial charge is 0.624 e. The molecule has 1 aromatic rings. The first kappa shape index (κ1) is 14.0. The zero-order valence-electron chi connectivity index (χ0n) is 11.4. The Morgan fingerprint density at radius 3 is 2.65 bits per heavy atom. The fourth-order valence-electron chi connectivity index (χ4n) is 2.10. The number of likely N-dealkylation sites (tertiary alicyclic amines) is 1. The molecule has 0 radical (unpaired) electrons. The number of β-lactam (4-membered cyclic amide) rings is 1. The Hall–Kier alpha value is -2.37. The Bertz CT molecular complexity index is 537. The molecule has 0 saturated carbocycles. The molecule has 106 valence electrons. The van der Waals surface area contributed by atoms with Crippen molar-refractivity contribution in [2.75, 3.05) is 13.6 Å². The summed E-state index contributed by atoms with van der Waals surface area (Å²) in [6.45, 7) is 1.39. The molecule has 1 amide bonds. The molecule has 2 rings (SSSR count). The van der Waals surface area contributed by atoms with Gasteiger partial charge in [-0.25, -0.2) is 4.74 Å². The van der Waals surface area contributed by atoms with Gasteiger partial charge in [0.15, 0.2) is 12.3 Å². The summed E-state index contributed by atoms with van der Waals surface area (Å²) in [6.07, 6.45) is 0.575. The lowest BCUT2D eigenvalue weighted by atomic mass is 9.98. The van der Waals surface area contributed by atoms with E-state index in [4.69, 9.17) is 4.74 Å². The second kappa shape index (κ2) is 5.73. The van der Waals surface area contributed by atoms with Crippen LogP contribution in [0.5, 0.6) is 5.75 Å². The average molecular weight is 276 g/mol. The third-order valence-electron chi connectivity index (χ3n) is 2.96. The van der Waals surface area contributed by atoms with Crippen molar-refractivity contribution in [3.63, 3.8) is 0 Å². The molecular weight excluding hydrogens is 260 g/mol. The van der Waals surface area contributed by atoms with Crippen molar-refractivity contribution < 1.29 is 19.1 Å². The van der Waals surface area contributed by atoms with Crippen molar-refractivity contribution in [2.45, 2.75) is 19.1 Å². The van der Waals surface area contributed by atoms with Gasteiger partial charge in [-0.2, -0.15) is 0 Å². The molecule has 1 aliphatic rings. The number of carbonyl (C=O) groups is 2. The molecule has 0 N–H and O–H groups in total. The number of benzene rings is 1. The van der Waals surface area contributed by atoms with Crippen LogP contribution in [0.4, 0.5) is 0 Å². The SMILES string of the molecule is CC(=O)CN1C(=O)[C@H](Oc2ccccc2)[C@@H]1/C=[N+](/C)[O-]. The molecule has 1 saturated heterocycles. The zero-order valence-corrected chi connectivity index (χ0v) is 11.4. The van der Waals surface area contributed by atoms with Crippen molar-refractivity contribution in [2.24, 2.45) is 0 Å². The minimum Gasteiger partial charge on any atom is -0.624 e. The summed E-state index contributed by atoms with van der Waals surface area (Å²) < 4.78 is 6.21. The maximum Gasteiger partial charge on any atom is 0.267 e. The van der Waals surface area contributed by atoms with Crippen LogP contribution >= 0.6 is 0 Å². The van der Waals surface area contributed by atoms with Gasteiger partial charge in [-0.1, -0.05) is 18.2 Å². The van der Waals surface area contributed by atoms with Gasteiger partial charge in [-0.05, 0) is 19.1 Å². The number of rotatable bonds is 5. The van der Waals surface area contributed by atoms with Crippen molar-refractivity contribution in [3.05, 3.63) is 35.5 Å². The van der Waals surface area contributed by atoms with Crippen LogP contribution in [-0.2, 0) is 9.59 Å². The highest BCUT2D eigenvalue weighted by molar-refractivity contribution is 5.98. The van der Waals surface area contributed by atoms with Gasteiger partial charge in [0, 0.05) is 0 Å². The van der Waals surface area contributed by atoms with E-state index >= 15 is 0 Å². The Labute approximate surface area is 116 Å². The molecular formula is C14H16N2O4. The van der Waals surface area contributed by atoms with Crippen molar-refractivity contribution in [1.29, 1.82) is 0 Å². The summed E-state index contributed by atoms with van der Waals surface area (Å²) in [6, 6.07) is 8.38. The normalized spacial score (nSPS) is 22.4. The fourth-order valence-corrected chi connectivity index (χ4v) is 2.10. The lowest BCUT2D eigenvalue weighted by molar-refractivity contribution is -0.420. The second-order valence-corrected chi connectivity index (χ2v) is 4.71. The van der Waals surface area contributed by atoms with E-state index in [-0.39, 0.29) is 18.2 Å². The number of ketones is 1. The molecule has 1 aliphatic heterocycles. The molecule has 6 nitrogen and oxygen atoms in total. The van der Waals surface area contributed by atoms with Gasteiger partial charge in [0.05, 0.1) is 6.54 Å². The van der Waals surface area contributed by atoms with Crippen molar-refractivity contribution >= 4 is 17.9 Å². The van der Waals surface area contributed by atoms with Crippen LogP contribution in [0, 0.1) is 5.21 Å². The molecule has 6 heteroatoms. The Morgan fingerprint density at radius 1 is 1.45 bits per heavy atom. The number of carbonyl (C=O) groups excluding carboxylic acids is 2. The number of Topliss-reactive ketones (excluding diaryl/α,β-unsaturated/α-hetero) is 1. The molecule has 0 unspecified atom stereocenters. The van der Waals surface area contributed by atoms with Crippen LogP contribution in [0.25, 0.3) is 0 Å². The molecule has 2 atom stereocenters. The Balaban J connectivity index is 2.13. The lowest BCUT2D eigenvalue weighted by Gasteiger charge is -2.42. The third kappa shape index (κ3) is 2.96. The molecule has 1 fully saturated rings. The van der Waals surface area contributed by atoms with Gasteiger partial charge in [-0.15, -0.1) is 0 Å². The Morgan fingerprint density at radius 2 is 2.10 bits per heavy atom. The number of hydrogen-bond donors (Lipinski definition) is 0. The first-order valence-corrected chi connectivity index (χ1v) is 6.25. The van der Waals surface area contributed by atoms with Crippen LogP contribution < -0.4 is 4.74 Å². The van der Waals surface area contributed by atoms with Gasteiger partial charge in [0.1, 0.15) is 18.6 Å². The standard InChI is InChI=1S/C14H16N2O4/c1-10(17)8-16-12(9-15(2)19)13(14(16)18)20-11-6-4-3-5-7-11/h3-7,9,12-13H,8H2,1-2H3/b15-9-/t12-,13+/m0/s1. The van der Waals surface area contributed by atoms with Gasteiger partial charge in [-0.3, -0.25) is 9.59 Å². The predicted octanol–water partition coefficient (Wildman–Crippen LogP) is 0.445. The van der Waals surface area contributed by atoms with E-state index in [1.54, 1.807) is 24.3 Å². The molecule has 0 aliphatic carbocycles. The second-order valence-electron chi connectivity index (χ2n) is 4.71. The first-order valence-electron chi connectivity index (χ1n) is 6.25. The summed E-state index contributed by atoms with van der Waals surface area (Å²) in [5, 5.41) is 11.2. The van der Waals surface area contributed by atoms with Gasteiger partial charge < -0.3 is 14.8 Å². The highest BCUT2D eigenvalue weighted by Gasteiger charge is 2.50. The summed E-state index contributed by atoms with van der Waals surface area (Å²) in [4.78, 5) is 24.5. The molecule has 0 spiro atoms. The maximum absolute atomic E-state index is 12.0. The Kier molecular flexibility index (Phi) is 4.02. The molecule has 1 aromatic carbocycles. The van der Waals surface area contributed by atoms with E-state index in [2.05, 4.69) is 0 Å². The van der Waals surface area contributed by atoms with Crippen LogP contribution in [0.1, 0.15) is 6.92 Å². The average Bonchev–Trinajstić information content (AvgIpc) is 2.41. The van der Waals surface area contributed by atoms with Crippen LogP contribution in [0.3, 0.4) is 0 Å². The van der Waals surface area contributed by atoms with Crippen LogP contribution in [0.2, 0.25) is 0 Å². The smallest absolute Gasteiger partial charge is 0.267 e. The number of para-hydroxylation sites is 1. The van der Waals surface area contributed by atoms with Crippen LogP contribution in [-0.4, -0.2) is 53.3 Å². The van der Waals surface area contributed by atoms with E-state index in [1.807, 2.05) is 6.07 Å². The molecule has 0 bridgehead atoms. The minimum absolute atomic E-state index is 0.0114. The van der Waals surface area contributed by atoms with Gasteiger partial charge in [0.2, 0.25) is 6.10 Å². The van der Waals surface area contributed by atoms with Crippen molar-refractivity contribution in [1.82, 2.24) is 4.90 Å². The van der Waals surface area contributed by atoms with E-state index in [9.17, 15) is 14.8 Å². The lowest BCUT2D eigenvalue weighted by Crippen LogP contribution is -2.69. The maximum atomic E-state index is 12.0. The highest BCUT2D eigenvalue weighted by Crippen LogP contribution is 2.24. The van der Waals surface area contributed by atoms with Gasteiger partial charge >= 0.3 is 0 Å². The number of hydroxylamine groups is 1. The van der Waals surface area contributed by atoms with Gasteiger partial charge in [0.25, 0.3) is 5.91 Å². The van der Waals surface area contributed by atoms with E-state index in [1.165, 1.54) is 25.1 Å². The minimum atomic E-state index is -0.756. The monoisotopic (exact) mass is 276 g/mol. The van der Waals surface area contributed by atoms with E-state index < -0.39 is 12.1 Å². The van der Waals surface area contributed by atoms with Crippen molar-refractivity contribution in [3.8, 4) is 5.75 Å². The first-order chi connectivity index (χ1) is 9.49. The topological polar surface area (TPSA) is 72.7 Å². The van der Waals surface area contributed by atoms with E-state index in [0.717, 1.165) is 0 Å². The molecule has 0 aromatic heterocycles. The van der Waals surface area contributed by atoms with Crippen LogP contribution in [0.15, 0.2) is 30.3 Å². The number of ether oxygens (including phenoxy) is 1. The molecule has 20 heavy (non-hydrogen) atoms.